The monoisotopic (exact) mass is 375 g/mol. The van der Waals surface area contributed by atoms with Crippen molar-refractivity contribution < 1.29 is 8.42 Å². The van der Waals surface area contributed by atoms with Crippen molar-refractivity contribution >= 4 is 43.0 Å². The van der Waals surface area contributed by atoms with Crippen LogP contribution < -0.4 is 10.5 Å². The largest absolute Gasteiger partial charge is 0.398 e. The van der Waals surface area contributed by atoms with Crippen molar-refractivity contribution in [3.63, 3.8) is 0 Å². The van der Waals surface area contributed by atoms with Crippen molar-refractivity contribution in [3.8, 4) is 0 Å². The number of aromatic nitrogens is 1. The number of rotatable bonds is 4. The molecule has 2 aromatic rings. The minimum absolute atomic E-state index is 0.128. The Bertz CT molecular complexity index is 712. The number of halogens is 1. The van der Waals surface area contributed by atoms with Crippen molar-refractivity contribution in [2.24, 2.45) is 0 Å². The lowest BCUT2D eigenvalue weighted by atomic mass is 10.1. The maximum absolute atomic E-state index is 12.4. The summed E-state index contributed by atoms with van der Waals surface area (Å²) in [5.41, 5.74) is 5.32. The number of hydrogen-bond donors (Lipinski definition) is 2. The molecule has 5 nitrogen and oxygen atoms in total. The fraction of sp³-hybridized carbons (Fsp3) is 0.250. The molecule has 0 atom stereocenters. The van der Waals surface area contributed by atoms with Crippen molar-refractivity contribution in [2.45, 2.75) is 24.3 Å². The fourth-order valence-electron chi connectivity index (χ4n) is 1.66. The summed E-state index contributed by atoms with van der Waals surface area (Å²) in [6.45, 7) is 3.54. The van der Waals surface area contributed by atoms with E-state index in [4.69, 9.17) is 5.73 Å². The highest BCUT2D eigenvalue weighted by Crippen LogP contribution is 2.27. The van der Waals surface area contributed by atoms with Gasteiger partial charge in [-0.15, -0.1) is 11.3 Å². The minimum Gasteiger partial charge on any atom is -0.398 e. The zero-order valence-corrected chi connectivity index (χ0v) is 14.1. The SMILES string of the molecule is CC(C)(NS(=O)(=O)c1ccc(Br)c(N)c1)c1nccs1. The fourth-order valence-corrected chi connectivity index (χ4v) is 4.10. The molecule has 108 valence electrons. The second kappa shape index (κ2) is 5.44. The number of benzene rings is 1. The molecule has 0 spiro atoms. The third-order valence-electron chi connectivity index (χ3n) is 2.63. The van der Waals surface area contributed by atoms with Crippen LogP contribution in [0.25, 0.3) is 0 Å². The molecule has 1 aromatic heterocycles. The standard InChI is InChI=1S/C12H14BrN3O2S2/c1-12(2,11-15-5-6-19-11)16-20(17,18)8-3-4-9(13)10(14)7-8/h3-7,16H,14H2,1-2H3. The highest BCUT2D eigenvalue weighted by molar-refractivity contribution is 9.10. The highest BCUT2D eigenvalue weighted by Gasteiger charge is 2.30. The first-order valence-corrected chi connectivity index (χ1v) is 8.87. The zero-order chi connectivity index (χ0) is 15.0. The number of thiazole rings is 1. The molecule has 8 heteroatoms. The van der Waals surface area contributed by atoms with Gasteiger partial charge in [0, 0.05) is 21.7 Å². The topological polar surface area (TPSA) is 85.1 Å². The lowest BCUT2D eigenvalue weighted by Gasteiger charge is -2.23. The molecule has 0 unspecified atom stereocenters. The van der Waals surface area contributed by atoms with Gasteiger partial charge >= 0.3 is 0 Å². The Kier molecular flexibility index (Phi) is 4.19. The Morgan fingerprint density at radius 2 is 2.10 bits per heavy atom. The number of hydrogen-bond acceptors (Lipinski definition) is 5. The summed E-state index contributed by atoms with van der Waals surface area (Å²) >= 11 is 4.64. The smallest absolute Gasteiger partial charge is 0.241 e. The third-order valence-corrected chi connectivity index (χ3v) is 6.11. The number of sulfonamides is 1. The minimum atomic E-state index is -3.67. The van der Waals surface area contributed by atoms with E-state index in [0.29, 0.717) is 15.2 Å². The third kappa shape index (κ3) is 3.20. The van der Waals surface area contributed by atoms with Crippen molar-refractivity contribution in [2.75, 3.05) is 5.73 Å². The van der Waals surface area contributed by atoms with Gasteiger partial charge in [0.15, 0.2) is 0 Å². The summed E-state index contributed by atoms with van der Waals surface area (Å²) in [4.78, 5) is 4.28. The van der Waals surface area contributed by atoms with E-state index in [1.807, 2.05) is 5.38 Å². The molecule has 0 radical (unpaired) electrons. The van der Waals surface area contributed by atoms with Crippen LogP contribution in [-0.4, -0.2) is 13.4 Å². The Morgan fingerprint density at radius 1 is 1.40 bits per heavy atom. The van der Waals surface area contributed by atoms with E-state index >= 15 is 0 Å². The summed E-state index contributed by atoms with van der Waals surface area (Å²) in [6, 6.07) is 4.53. The van der Waals surface area contributed by atoms with E-state index < -0.39 is 15.6 Å². The van der Waals surface area contributed by atoms with Gasteiger partial charge in [0.25, 0.3) is 0 Å². The Balaban J connectivity index is 2.34. The average molecular weight is 376 g/mol. The van der Waals surface area contributed by atoms with E-state index in [1.165, 1.54) is 23.5 Å². The molecule has 1 aromatic carbocycles. The highest BCUT2D eigenvalue weighted by atomic mass is 79.9. The molecule has 1 heterocycles. The van der Waals surface area contributed by atoms with Crippen LogP contribution in [0.2, 0.25) is 0 Å². The first kappa shape index (κ1) is 15.4. The Labute approximate surface area is 130 Å². The molecule has 0 aliphatic carbocycles. The van der Waals surface area contributed by atoms with Crippen LogP contribution in [0.15, 0.2) is 39.1 Å². The van der Waals surface area contributed by atoms with E-state index in [2.05, 4.69) is 25.6 Å². The van der Waals surface area contributed by atoms with E-state index in [1.54, 1.807) is 26.1 Å². The number of nitrogens with one attached hydrogen (secondary N) is 1. The van der Waals surface area contributed by atoms with Gasteiger partial charge in [0.05, 0.1) is 10.4 Å². The molecule has 2 rings (SSSR count). The summed E-state index contributed by atoms with van der Waals surface area (Å²) < 4.78 is 28.1. The summed E-state index contributed by atoms with van der Waals surface area (Å²) in [6.07, 6.45) is 1.65. The van der Waals surface area contributed by atoms with Crippen molar-refractivity contribution in [1.82, 2.24) is 9.71 Å². The number of nitrogens with zero attached hydrogens (tertiary/aromatic N) is 1. The molecular formula is C12H14BrN3O2S2. The van der Waals surface area contributed by atoms with Gasteiger partial charge in [0.2, 0.25) is 10.0 Å². The second-order valence-electron chi connectivity index (χ2n) is 4.75. The lowest BCUT2D eigenvalue weighted by molar-refractivity contribution is 0.470. The maximum Gasteiger partial charge on any atom is 0.241 e. The predicted molar refractivity (Wildman–Crippen MR) is 84.0 cm³/mol. The summed E-state index contributed by atoms with van der Waals surface area (Å²) in [7, 11) is -3.67. The lowest BCUT2D eigenvalue weighted by Crippen LogP contribution is -2.40. The molecule has 0 amide bonds. The molecule has 0 aliphatic rings. The first-order chi connectivity index (χ1) is 9.22. The summed E-state index contributed by atoms with van der Waals surface area (Å²) in [5.74, 6) is 0. The Morgan fingerprint density at radius 3 is 2.65 bits per heavy atom. The molecule has 0 fully saturated rings. The van der Waals surface area contributed by atoms with Crippen LogP contribution in [0.5, 0.6) is 0 Å². The normalized spacial score (nSPS) is 12.6. The molecule has 3 N–H and O–H groups in total. The van der Waals surface area contributed by atoms with Gasteiger partial charge in [-0.2, -0.15) is 4.72 Å². The van der Waals surface area contributed by atoms with Crippen molar-refractivity contribution in [3.05, 3.63) is 39.3 Å². The van der Waals surface area contributed by atoms with Gasteiger partial charge in [-0.3, -0.25) is 0 Å². The van der Waals surface area contributed by atoms with Crippen LogP contribution in [0.3, 0.4) is 0 Å². The molecule has 0 aliphatic heterocycles. The van der Waals surface area contributed by atoms with Gasteiger partial charge in [0.1, 0.15) is 5.01 Å². The quantitative estimate of drug-likeness (QED) is 0.804. The van der Waals surface area contributed by atoms with Crippen molar-refractivity contribution in [1.29, 1.82) is 0 Å². The molecular weight excluding hydrogens is 362 g/mol. The van der Waals surface area contributed by atoms with Crippen LogP contribution in [0.1, 0.15) is 18.9 Å². The predicted octanol–water partition coefficient (Wildman–Crippen LogP) is 2.70. The first-order valence-electron chi connectivity index (χ1n) is 5.71. The van der Waals surface area contributed by atoms with Gasteiger partial charge < -0.3 is 5.73 Å². The molecule has 0 saturated carbocycles. The van der Waals surface area contributed by atoms with Crippen LogP contribution in [0.4, 0.5) is 5.69 Å². The number of nitrogen functional groups attached to an aromatic ring is 1. The van der Waals surface area contributed by atoms with E-state index in [-0.39, 0.29) is 4.90 Å². The van der Waals surface area contributed by atoms with Gasteiger partial charge in [-0.25, -0.2) is 13.4 Å². The van der Waals surface area contributed by atoms with Crippen LogP contribution in [0, 0.1) is 0 Å². The number of anilines is 1. The molecule has 0 saturated heterocycles. The van der Waals surface area contributed by atoms with E-state index in [0.717, 1.165) is 0 Å². The van der Waals surface area contributed by atoms with Gasteiger partial charge in [-0.05, 0) is 48.0 Å². The summed E-state index contributed by atoms with van der Waals surface area (Å²) in [5, 5.41) is 2.51. The second-order valence-corrected chi connectivity index (χ2v) is 8.18. The van der Waals surface area contributed by atoms with Crippen LogP contribution in [-0.2, 0) is 15.6 Å². The Hall–Kier alpha value is -0.960. The maximum atomic E-state index is 12.4. The average Bonchev–Trinajstić information content (AvgIpc) is 2.85. The number of nitrogens with two attached hydrogens (primary N) is 1. The van der Waals surface area contributed by atoms with Crippen LogP contribution >= 0.6 is 27.3 Å². The zero-order valence-electron chi connectivity index (χ0n) is 10.9. The van der Waals surface area contributed by atoms with E-state index in [9.17, 15) is 8.42 Å². The van der Waals surface area contributed by atoms with Gasteiger partial charge in [-0.1, -0.05) is 0 Å². The molecule has 20 heavy (non-hydrogen) atoms. The molecule has 0 bridgehead atoms.